The maximum atomic E-state index is 12.3. The van der Waals surface area contributed by atoms with Crippen LogP contribution in [0, 0.1) is 18.8 Å². The molecule has 6 heteroatoms. The summed E-state index contributed by atoms with van der Waals surface area (Å²) in [6.45, 7) is 5.57. The van der Waals surface area contributed by atoms with E-state index in [4.69, 9.17) is 0 Å². The molecule has 1 aromatic rings. The first-order valence-corrected chi connectivity index (χ1v) is 9.70. The standard InChI is InChI=1S/C20H30N4O2/c1-15-4-8-18(9-5-15)23-20(26)22-12-17-3-2-10-24(14-17)19(25)13-21-11-16-6-7-16/h4-5,8-9,16-17,21H,2-3,6-7,10-14H2,1H3,(H2,22,23,26). The summed E-state index contributed by atoms with van der Waals surface area (Å²) in [7, 11) is 0. The number of carbonyl (C=O) groups is 2. The van der Waals surface area contributed by atoms with E-state index < -0.39 is 0 Å². The van der Waals surface area contributed by atoms with Gasteiger partial charge in [0.05, 0.1) is 6.54 Å². The first-order valence-electron chi connectivity index (χ1n) is 9.70. The average Bonchev–Trinajstić information content (AvgIpc) is 3.46. The number of carbonyl (C=O) groups excluding carboxylic acids is 2. The van der Waals surface area contributed by atoms with Crippen molar-refractivity contribution in [3.05, 3.63) is 29.8 Å². The lowest BCUT2D eigenvalue weighted by molar-refractivity contribution is -0.132. The van der Waals surface area contributed by atoms with Crippen LogP contribution in [0.15, 0.2) is 24.3 Å². The Bertz CT molecular complexity index is 613. The number of urea groups is 1. The van der Waals surface area contributed by atoms with Crippen LogP contribution in [0.4, 0.5) is 10.5 Å². The molecule has 1 saturated heterocycles. The van der Waals surface area contributed by atoms with Crippen LogP contribution in [0.1, 0.15) is 31.2 Å². The lowest BCUT2D eigenvalue weighted by Gasteiger charge is -2.33. The van der Waals surface area contributed by atoms with E-state index in [9.17, 15) is 9.59 Å². The van der Waals surface area contributed by atoms with Crippen LogP contribution in [-0.4, -0.2) is 49.6 Å². The monoisotopic (exact) mass is 358 g/mol. The summed E-state index contributed by atoms with van der Waals surface area (Å²) in [6.07, 6.45) is 4.64. The Morgan fingerprint density at radius 2 is 1.85 bits per heavy atom. The second-order valence-electron chi connectivity index (χ2n) is 7.62. The van der Waals surface area contributed by atoms with Crippen LogP contribution in [0.2, 0.25) is 0 Å². The zero-order chi connectivity index (χ0) is 18.4. The molecule has 3 N–H and O–H groups in total. The molecule has 26 heavy (non-hydrogen) atoms. The van der Waals surface area contributed by atoms with Gasteiger partial charge in [-0.2, -0.15) is 0 Å². The molecule has 3 rings (SSSR count). The third kappa shape index (κ3) is 6.02. The summed E-state index contributed by atoms with van der Waals surface area (Å²) in [5, 5.41) is 9.05. The molecule has 142 valence electrons. The van der Waals surface area contributed by atoms with E-state index in [0.717, 1.165) is 49.6 Å². The highest BCUT2D eigenvalue weighted by Crippen LogP contribution is 2.27. The van der Waals surface area contributed by atoms with Crippen molar-refractivity contribution < 1.29 is 9.59 Å². The molecule has 3 amide bonds. The highest BCUT2D eigenvalue weighted by Gasteiger charge is 2.25. The molecule has 0 spiro atoms. The lowest BCUT2D eigenvalue weighted by Crippen LogP contribution is -2.47. The van der Waals surface area contributed by atoms with Crippen molar-refractivity contribution in [3.63, 3.8) is 0 Å². The third-order valence-corrected chi connectivity index (χ3v) is 5.14. The maximum Gasteiger partial charge on any atom is 0.319 e. The number of amides is 3. The summed E-state index contributed by atoms with van der Waals surface area (Å²) in [4.78, 5) is 26.3. The van der Waals surface area contributed by atoms with E-state index in [1.807, 2.05) is 36.1 Å². The predicted octanol–water partition coefficient (Wildman–Crippen LogP) is 2.35. The molecule has 2 aliphatic rings. The molecule has 0 radical (unpaired) electrons. The minimum Gasteiger partial charge on any atom is -0.341 e. The topological polar surface area (TPSA) is 73.5 Å². The van der Waals surface area contributed by atoms with Gasteiger partial charge in [-0.1, -0.05) is 17.7 Å². The second-order valence-corrected chi connectivity index (χ2v) is 7.62. The first-order chi connectivity index (χ1) is 12.6. The summed E-state index contributed by atoms with van der Waals surface area (Å²) >= 11 is 0. The van der Waals surface area contributed by atoms with Crippen LogP contribution >= 0.6 is 0 Å². The number of rotatable bonds is 7. The van der Waals surface area contributed by atoms with Gasteiger partial charge in [0.1, 0.15) is 0 Å². The fourth-order valence-corrected chi connectivity index (χ4v) is 3.32. The van der Waals surface area contributed by atoms with Crippen LogP contribution in [0.5, 0.6) is 0 Å². The molecule has 1 saturated carbocycles. The van der Waals surface area contributed by atoms with Crippen molar-refractivity contribution in [2.24, 2.45) is 11.8 Å². The Hall–Kier alpha value is -2.08. The SMILES string of the molecule is Cc1ccc(NC(=O)NCC2CCCN(C(=O)CNCC3CC3)C2)cc1. The fraction of sp³-hybridized carbons (Fsp3) is 0.600. The summed E-state index contributed by atoms with van der Waals surface area (Å²) < 4.78 is 0. The van der Waals surface area contributed by atoms with Gasteiger partial charge in [-0.3, -0.25) is 4.79 Å². The molecular weight excluding hydrogens is 328 g/mol. The maximum absolute atomic E-state index is 12.3. The summed E-state index contributed by atoms with van der Waals surface area (Å²) in [5.41, 5.74) is 1.95. The number of hydrogen-bond acceptors (Lipinski definition) is 3. The third-order valence-electron chi connectivity index (χ3n) is 5.14. The largest absolute Gasteiger partial charge is 0.341 e. The highest BCUT2D eigenvalue weighted by molar-refractivity contribution is 5.89. The van der Waals surface area contributed by atoms with Crippen LogP contribution < -0.4 is 16.0 Å². The van der Waals surface area contributed by atoms with Gasteiger partial charge in [0.15, 0.2) is 0 Å². The van der Waals surface area contributed by atoms with E-state index in [1.165, 1.54) is 12.8 Å². The minimum atomic E-state index is -0.191. The van der Waals surface area contributed by atoms with Crippen LogP contribution in [0.25, 0.3) is 0 Å². The molecule has 0 bridgehead atoms. The predicted molar refractivity (Wildman–Crippen MR) is 103 cm³/mol. The summed E-state index contributed by atoms with van der Waals surface area (Å²) in [5.74, 6) is 1.28. The summed E-state index contributed by atoms with van der Waals surface area (Å²) in [6, 6.07) is 7.54. The number of likely N-dealkylation sites (tertiary alicyclic amines) is 1. The Kier molecular flexibility index (Phi) is 6.50. The molecule has 2 fully saturated rings. The molecule has 1 aliphatic heterocycles. The van der Waals surface area contributed by atoms with Crippen molar-refractivity contribution in [2.75, 3.05) is 38.0 Å². The van der Waals surface area contributed by atoms with Gasteiger partial charge in [0, 0.05) is 25.3 Å². The quantitative estimate of drug-likeness (QED) is 0.700. The zero-order valence-corrected chi connectivity index (χ0v) is 15.6. The number of piperidine rings is 1. The van der Waals surface area contributed by atoms with E-state index in [1.54, 1.807) is 0 Å². The number of aryl methyl sites for hydroxylation is 1. The molecule has 1 heterocycles. The molecule has 1 aromatic carbocycles. The van der Waals surface area contributed by atoms with E-state index in [-0.39, 0.29) is 11.9 Å². The minimum absolute atomic E-state index is 0.180. The Labute approximate surface area is 155 Å². The molecule has 0 aromatic heterocycles. The van der Waals surface area contributed by atoms with Crippen molar-refractivity contribution in [1.82, 2.24) is 15.5 Å². The van der Waals surface area contributed by atoms with E-state index >= 15 is 0 Å². The van der Waals surface area contributed by atoms with Gasteiger partial charge in [-0.05, 0) is 63.1 Å². The highest BCUT2D eigenvalue weighted by atomic mass is 16.2. The Morgan fingerprint density at radius 1 is 1.08 bits per heavy atom. The van der Waals surface area contributed by atoms with Crippen molar-refractivity contribution in [2.45, 2.75) is 32.6 Å². The number of hydrogen-bond donors (Lipinski definition) is 3. The van der Waals surface area contributed by atoms with Crippen LogP contribution in [-0.2, 0) is 4.79 Å². The zero-order valence-electron chi connectivity index (χ0n) is 15.6. The van der Waals surface area contributed by atoms with Crippen molar-refractivity contribution in [1.29, 1.82) is 0 Å². The molecule has 1 atom stereocenters. The van der Waals surface area contributed by atoms with Gasteiger partial charge < -0.3 is 20.9 Å². The molecule has 6 nitrogen and oxygen atoms in total. The smallest absolute Gasteiger partial charge is 0.319 e. The Morgan fingerprint density at radius 3 is 2.58 bits per heavy atom. The fourth-order valence-electron chi connectivity index (χ4n) is 3.32. The van der Waals surface area contributed by atoms with Gasteiger partial charge in [-0.15, -0.1) is 0 Å². The van der Waals surface area contributed by atoms with Gasteiger partial charge in [0.2, 0.25) is 5.91 Å². The number of benzene rings is 1. The number of anilines is 1. The number of nitrogens with zero attached hydrogens (tertiary/aromatic N) is 1. The van der Waals surface area contributed by atoms with E-state index in [0.29, 0.717) is 19.0 Å². The first kappa shape index (κ1) is 18.7. The average molecular weight is 358 g/mol. The van der Waals surface area contributed by atoms with Gasteiger partial charge in [-0.25, -0.2) is 4.79 Å². The number of nitrogens with one attached hydrogen (secondary N) is 3. The molecule has 1 unspecified atom stereocenters. The van der Waals surface area contributed by atoms with Crippen molar-refractivity contribution in [3.8, 4) is 0 Å². The van der Waals surface area contributed by atoms with Crippen LogP contribution in [0.3, 0.4) is 0 Å². The molecule has 1 aliphatic carbocycles. The lowest BCUT2D eigenvalue weighted by atomic mass is 9.98. The normalized spacial score (nSPS) is 19.9. The van der Waals surface area contributed by atoms with Gasteiger partial charge >= 0.3 is 6.03 Å². The van der Waals surface area contributed by atoms with Crippen molar-refractivity contribution >= 4 is 17.6 Å². The Balaban J connectivity index is 1.36. The van der Waals surface area contributed by atoms with E-state index in [2.05, 4.69) is 16.0 Å². The second kappa shape index (κ2) is 9.03. The molecular formula is C20H30N4O2. The van der Waals surface area contributed by atoms with Gasteiger partial charge in [0.25, 0.3) is 0 Å².